The average Bonchev–Trinajstić information content (AvgIpc) is 2.37. The highest BCUT2D eigenvalue weighted by Gasteiger charge is 2.01. The Kier molecular flexibility index (Phi) is 8.23. The predicted octanol–water partition coefficient (Wildman–Crippen LogP) is 4.07. The van der Waals surface area contributed by atoms with Crippen molar-refractivity contribution in [2.45, 2.75) is 51.9 Å². The molecule has 1 rings (SSSR count). The maximum atomic E-state index is 13.3. The maximum Gasteiger partial charge on any atom is 0.127 e. The lowest BCUT2D eigenvalue weighted by molar-refractivity contribution is 0.302. The van der Waals surface area contributed by atoms with Gasteiger partial charge in [-0.25, -0.2) is 4.39 Å². The normalized spacial score (nSPS) is 10.7. The lowest BCUT2D eigenvalue weighted by Crippen LogP contribution is -2.04. The molecule has 0 radical (unpaired) electrons. The van der Waals surface area contributed by atoms with Gasteiger partial charge in [0.2, 0.25) is 0 Å². The van der Waals surface area contributed by atoms with Crippen LogP contribution >= 0.6 is 0 Å². The maximum absolute atomic E-state index is 13.3. The standard InChI is InChI=1S/C16H26FNO/c1-2-3-4-5-6-7-10-19-16-12-14(8-9-18)11-15(17)13-16/h11-13H,2-10,18H2,1H3. The van der Waals surface area contributed by atoms with Gasteiger partial charge in [0.05, 0.1) is 6.61 Å². The molecule has 0 amide bonds. The molecule has 108 valence electrons. The van der Waals surface area contributed by atoms with E-state index < -0.39 is 0 Å². The Bertz CT molecular complexity index is 355. The van der Waals surface area contributed by atoms with Gasteiger partial charge in [0.25, 0.3) is 0 Å². The van der Waals surface area contributed by atoms with Crippen molar-refractivity contribution in [3.63, 3.8) is 0 Å². The number of hydrogen-bond acceptors (Lipinski definition) is 2. The molecule has 3 heteroatoms. The first-order valence-corrected chi connectivity index (χ1v) is 7.38. The number of benzene rings is 1. The van der Waals surface area contributed by atoms with Gasteiger partial charge in [0.1, 0.15) is 11.6 Å². The average molecular weight is 267 g/mol. The van der Waals surface area contributed by atoms with Crippen LogP contribution in [0.15, 0.2) is 18.2 Å². The quantitative estimate of drug-likeness (QED) is 0.649. The summed E-state index contributed by atoms with van der Waals surface area (Å²) in [7, 11) is 0. The van der Waals surface area contributed by atoms with Crippen LogP contribution in [0.5, 0.6) is 5.75 Å². The highest BCUT2D eigenvalue weighted by molar-refractivity contribution is 5.29. The first kappa shape index (κ1) is 16.0. The van der Waals surface area contributed by atoms with E-state index in [9.17, 15) is 4.39 Å². The van der Waals surface area contributed by atoms with Crippen LogP contribution in [0.3, 0.4) is 0 Å². The van der Waals surface area contributed by atoms with Crippen molar-refractivity contribution in [3.8, 4) is 5.75 Å². The Morgan fingerprint density at radius 3 is 2.53 bits per heavy atom. The minimum Gasteiger partial charge on any atom is -0.493 e. The van der Waals surface area contributed by atoms with Crippen molar-refractivity contribution in [2.24, 2.45) is 5.73 Å². The molecule has 0 aliphatic heterocycles. The number of rotatable bonds is 10. The highest BCUT2D eigenvalue weighted by atomic mass is 19.1. The van der Waals surface area contributed by atoms with E-state index >= 15 is 0 Å². The van der Waals surface area contributed by atoms with Gasteiger partial charge in [-0.3, -0.25) is 0 Å². The van der Waals surface area contributed by atoms with Crippen molar-refractivity contribution >= 4 is 0 Å². The molecule has 2 nitrogen and oxygen atoms in total. The minimum absolute atomic E-state index is 0.246. The molecular formula is C16H26FNO. The molecule has 0 saturated heterocycles. The third kappa shape index (κ3) is 7.16. The van der Waals surface area contributed by atoms with Crippen molar-refractivity contribution in [2.75, 3.05) is 13.2 Å². The third-order valence-electron chi connectivity index (χ3n) is 3.13. The Morgan fingerprint density at radius 2 is 1.79 bits per heavy atom. The lowest BCUT2D eigenvalue weighted by atomic mass is 10.1. The Morgan fingerprint density at radius 1 is 1.05 bits per heavy atom. The number of hydrogen-bond donors (Lipinski definition) is 1. The fourth-order valence-electron chi connectivity index (χ4n) is 2.09. The SMILES string of the molecule is CCCCCCCCOc1cc(F)cc(CCN)c1. The van der Waals surface area contributed by atoms with Crippen LogP contribution in [-0.4, -0.2) is 13.2 Å². The predicted molar refractivity (Wildman–Crippen MR) is 78.0 cm³/mol. The Balaban J connectivity index is 2.25. The lowest BCUT2D eigenvalue weighted by Gasteiger charge is -2.08. The van der Waals surface area contributed by atoms with Gasteiger partial charge in [-0.1, -0.05) is 39.0 Å². The van der Waals surface area contributed by atoms with E-state index in [1.807, 2.05) is 6.07 Å². The van der Waals surface area contributed by atoms with Gasteiger partial charge in [-0.05, 0) is 37.1 Å². The van der Waals surface area contributed by atoms with Gasteiger partial charge in [0.15, 0.2) is 0 Å². The van der Waals surface area contributed by atoms with Crippen LogP contribution in [0.4, 0.5) is 4.39 Å². The molecule has 0 fully saturated rings. The second kappa shape index (κ2) is 9.79. The van der Waals surface area contributed by atoms with Crippen molar-refractivity contribution in [1.29, 1.82) is 0 Å². The molecule has 0 aliphatic carbocycles. The van der Waals surface area contributed by atoms with Gasteiger partial charge in [0, 0.05) is 6.07 Å². The van der Waals surface area contributed by atoms with E-state index in [0.29, 0.717) is 25.3 Å². The summed E-state index contributed by atoms with van der Waals surface area (Å²) in [5.74, 6) is 0.376. The molecule has 1 aromatic rings. The summed E-state index contributed by atoms with van der Waals surface area (Å²) in [4.78, 5) is 0. The summed E-state index contributed by atoms with van der Waals surface area (Å²) in [5, 5.41) is 0. The zero-order valence-electron chi connectivity index (χ0n) is 12.0. The molecule has 0 spiro atoms. The smallest absolute Gasteiger partial charge is 0.127 e. The number of halogens is 1. The fourth-order valence-corrected chi connectivity index (χ4v) is 2.09. The molecule has 0 aromatic heterocycles. The van der Waals surface area contributed by atoms with E-state index in [-0.39, 0.29) is 5.82 Å². The van der Waals surface area contributed by atoms with E-state index in [1.54, 1.807) is 0 Å². The zero-order valence-corrected chi connectivity index (χ0v) is 12.0. The van der Waals surface area contributed by atoms with Crippen LogP contribution in [0.1, 0.15) is 51.0 Å². The van der Waals surface area contributed by atoms with Gasteiger partial charge >= 0.3 is 0 Å². The van der Waals surface area contributed by atoms with Crippen LogP contribution < -0.4 is 10.5 Å². The number of unbranched alkanes of at least 4 members (excludes halogenated alkanes) is 5. The van der Waals surface area contributed by atoms with Crippen LogP contribution in [0.25, 0.3) is 0 Å². The Labute approximate surface area is 116 Å². The first-order chi connectivity index (χ1) is 9.26. The molecule has 19 heavy (non-hydrogen) atoms. The summed E-state index contributed by atoms with van der Waals surface area (Å²) in [6.07, 6.45) is 8.05. The first-order valence-electron chi connectivity index (χ1n) is 7.38. The second-order valence-electron chi connectivity index (χ2n) is 4.95. The van der Waals surface area contributed by atoms with E-state index in [0.717, 1.165) is 12.0 Å². The monoisotopic (exact) mass is 267 g/mol. The second-order valence-corrected chi connectivity index (χ2v) is 4.95. The van der Waals surface area contributed by atoms with Crippen LogP contribution in [0, 0.1) is 5.82 Å². The summed E-state index contributed by atoms with van der Waals surface area (Å²) < 4.78 is 18.9. The minimum atomic E-state index is -0.246. The number of ether oxygens (including phenoxy) is 1. The topological polar surface area (TPSA) is 35.2 Å². The van der Waals surface area contributed by atoms with Crippen molar-refractivity contribution < 1.29 is 9.13 Å². The van der Waals surface area contributed by atoms with E-state index in [4.69, 9.17) is 10.5 Å². The molecular weight excluding hydrogens is 241 g/mol. The molecule has 2 N–H and O–H groups in total. The molecule has 0 heterocycles. The van der Waals surface area contributed by atoms with Gasteiger partial charge in [-0.15, -0.1) is 0 Å². The zero-order chi connectivity index (χ0) is 13.9. The van der Waals surface area contributed by atoms with Gasteiger partial charge < -0.3 is 10.5 Å². The molecule has 0 saturated carbocycles. The largest absolute Gasteiger partial charge is 0.493 e. The number of nitrogens with two attached hydrogens (primary N) is 1. The molecule has 0 bridgehead atoms. The van der Waals surface area contributed by atoms with Crippen molar-refractivity contribution in [1.82, 2.24) is 0 Å². The van der Waals surface area contributed by atoms with Gasteiger partial charge in [-0.2, -0.15) is 0 Å². The molecule has 1 aromatic carbocycles. The van der Waals surface area contributed by atoms with E-state index in [2.05, 4.69) is 6.92 Å². The molecule has 0 aliphatic rings. The molecule has 0 unspecified atom stereocenters. The van der Waals surface area contributed by atoms with Crippen LogP contribution in [-0.2, 0) is 6.42 Å². The Hall–Kier alpha value is -1.09. The van der Waals surface area contributed by atoms with E-state index in [1.165, 1.54) is 44.2 Å². The third-order valence-corrected chi connectivity index (χ3v) is 3.13. The molecule has 0 atom stereocenters. The fraction of sp³-hybridized carbons (Fsp3) is 0.625. The van der Waals surface area contributed by atoms with Crippen LogP contribution in [0.2, 0.25) is 0 Å². The summed E-state index contributed by atoms with van der Waals surface area (Å²) >= 11 is 0. The summed E-state index contributed by atoms with van der Waals surface area (Å²) in [6.45, 7) is 3.41. The van der Waals surface area contributed by atoms with Crippen molar-refractivity contribution in [3.05, 3.63) is 29.6 Å². The highest BCUT2D eigenvalue weighted by Crippen LogP contribution is 2.17. The summed E-state index contributed by atoms with van der Waals surface area (Å²) in [5.41, 5.74) is 6.38. The summed E-state index contributed by atoms with van der Waals surface area (Å²) in [6, 6.07) is 4.84.